The van der Waals surface area contributed by atoms with E-state index in [4.69, 9.17) is 4.74 Å². The van der Waals surface area contributed by atoms with Crippen LogP contribution in [0, 0.1) is 17.1 Å². The number of nitriles is 1. The molecule has 10 nitrogen and oxygen atoms in total. The first kappa shape index (κ1) is 20.2. The van der Waals surface area contributed by atoms with E-state index in [1.165, 1.54) is 24.5 Å². The van der Waals surface area contributed by atoms with Gasteiger partial charge >= 0.3 is 0 Å². The highest BCUT2D eigenvalue weighted by molar-refractivity contribution is 5.70. The predicted molar refractivity (Wildman–Crippen MR) is 114 cm³/mol. The van der Waals surface area contributed by atoms with E-state index in [0.29, 0.717) is 40.5 Å². The van der Waals surface area contributed by atoms with Crippen LogP contribution in [-0.4, -0.2) is 45.9 Å². The molecule has 0 unspecified atom stereocenters. The Kier molecular flexibility index (Phi) is 5.16. The molecule has 0 spiro atoms. The molecule has 0 bridgehead atoms. The molecule has 5 aromatic rings. The number of nitrogens with zero attached hydrogens (tertiary/aromatic N) is 9. The van der Waals surface area contributed by atoms with E-state index in [0.717, 1.165) is 5.56 Å². The number of tetrazole rings is 1. The Bertz CT molecular complexity index is 1470. The van der Waals surface area contributed by atoms with Crippen LogP contribution in [0.15, 0.2) is 61.3 Å². The van der Waals surface area contributed by atoms with Gasteiger partial charge in [-0.15, -0.1) is 5.10 Å². The van der Waals surface area contributed by atoms with E-state index in [1.54, 1.807) is 33.9 Å². The summed E-state index contributed by atoms with van der Waals surface area (Å²) in [5, 5.41) is 25.2. The summed E-state index contributed by atoms with van der Waals surface area (Å²) < 4.78 is 23.0. The van der Waals surface area contributed by atoms with Gasteiger partial charge in [-0.3, -0.25) is 4.98 Å². The fourth-order valence-electron chi connectivity index (χ4n) is 3.46. The smallest absolute Gasteiger partial charge is 0.154 e. The summed E-state index contributed by atoms with van der Waals surface area (Å²) in [6.07, 6.45) is 6.19. The molecule has 0 aliphatic rings. The fourth-order valence-corrected chi connectivity index (χ4v) is 3.46. The van der Waals surface area contributed by atoms with Gasteiger partial charge < -0.3 is 4.74 Å². The van der Waals surface area contributed by atoms with Crippen LogP contribution >= 0.6 is 0 Å². The van der Waals surface area contributed by atoms with Gasteiger partial charge in [-0.05, 0) is 53.7 Å². The number of imidazole rings is 1. The number of halogens is 1. The van der Waals surface area contributed by atoms with Gasteiger partial charge in [-0.1, -0.05) is 0 Å². The zero-order valence-electron chi connectivity index (χ0n) is 17.4. The van der Waals surface area contributed by atoms with Crippen molar-refractivity contribution in [2.24, 2.45) is 0 Å². The van der Waals surface area contributed by atoms with Crippen LogP contribution in [0.25, 0.3) is 28.2 Å². The Morgan fingerprint density at radius 1 is 1.15 bits per heavy atom. The summed E-state index contributed by atoms with van der Waals surface area (Å²) in [6.45, 7) is 2.39. The highest BCUT2D eigenvalue weighted by Crippen LogP contribution is 2.27. The molecule has 11 heteroatoms. The lowest BCUT2D eigenvalue weighted by Gasteiger charge is -2.14. The minimum absolute atomic E-state index is 0.196. The molecule has 1 atom stereocenters. The molecule has 0 radical (unpaired) electrons. The molecule has 0 aliphatic carbocycles. The summed E-state index contributed by atoms with van der Waals surface area (Å²) in [5.74, 6) is 0.123. The molecule has 4 heterocycles. The monoisotopic (exact) mass is 441 g/mol. The van der Waals surface area contributed by atoms with Gasteiger partial charge in [0.05, 0.1) is 42.0 Å². The number of fused-ring (bicyclic) bond motifs is 1. The van der Waals surface area contributed by atoms with Gasteiger partial charge in [0.25, 0.3) is 0 Å². The Morgan fingerprint density at radius 3 is 2.88 bits per heavy atom. The van der Waals surface area contributed by atoms with Gasteiger partial charge in [0.15, 0.2) is 5.65 Å². The van der Waals surface area contributed by atoms with E-state index >= 15 is 0 Å². The first-order valence-corrected chi connectivity index (χ1v) is 9.98. The van der Waals surface area contributed by atoms with Gasteiger partial charge in [-0.2, -0.15) is 10.4 Å². The Morgan fingerprint density at radius 2 is 2.06 bits per heavy atom. The number of ether oxygens (including phenoxy) is 1. The number of hydrogen-bond donors (Lipinski definition) is 0. The molecule has 0 fully saturated rings. The van der Waals surface area contributed by atoms with Crippen LogP contribution in [0.5, 0.6) is 5.75 Å². The molecule has 0 amide bonds. The van der Waals surface area contributed by atoms with E-state index in [2.05, 4.69) is 36.7 Å². The summed E-state index contributed by atoms with van der Waals surface area (Å²) in [5.41, 5.74) is 3.17. The van der Waals surface area contributed by atoms with Crippen molar-refractivity contribution in [3.8, 4) is 34.3 Å². The van der Waals surface area contributed by atoms with Crippen molar-refractivity contribution in [2.75, 3.05) is 0 Å². The van der Waals surface area contributed by atoms with E-state index in [1.807, 2.05) is 19.1 Å². The normalized spacial score (nSPS) is 11.9. The molecule has 4 aromatic heterocycles. The van der Waals surface area contributed by atoms with Gasteiger partial charge in [0.2, 0.25) is 0 Å². The molecule has 5 rings (SSSR count). The lowest BCUT2D eigenvalue weighted by molar-refractivity contribution is 0.192. The number of aromatic nitrogens is 8. The topological polar surface area (TPSA) is 120 Å². The van der Waals surface area contributed by atoms with Crippen molar-refractivity contribution in [3.63, 3.8) is 0 Å². The average molecular weight is 441 g/mol. The summed E-state index contributed by atoms with van der Waals surface area (Å²) in [7, 11) is 0. The second-order valence-electron chi connectivity index (χ2n) is 7.30. The van der Waals surface area contributed by atoms with Crippen LogP contribution in [0.3, 0.4) is 0 Å². The van der Waals surface area contributed by atoms with E-state index in [9.17, 15) is 9.65 Å². The summed E-state index contributed by atoms with van der Waals surface area (Å²) in [6, 6.07) is 11.5. The second kappa shape index (κ2) is 8.43. The van der Waals surface area contributed by atoms with E-state index < -0.39 is 5.82 Å². The second-order valence-corrected chi connectivity index (χ2v) is 7.30. The Labute approximate surface area is 186 Å². The summed E-state index contributed by atoms with van der Waals surface area (Å²) >= 11 is 0. The standard InChI is InChI=1S/C22H16FN9O/c1-14(12-31-13-27-29-30-31)33-18-6-16(9-25-10-18)20-4-5-22-26-11-21(32(22)28-20)19-7-17(23)3-2-15(19)8-24/h2-7,9-11,13-14H,12H2,1H3/t14-/m0/s1. The highest BCUT2D eigenvalue weighted by Gasteiger charge is 2.14. The van der Waals surface area contributed by atoms with Crippen molar-refractivity contribution in [1.29, 1.82) is 5.26 Å². The van der Waals surface area contributed by atoms with Crippen LogP contribution in [0.1, 0.15) is 12.5 Å². The van der Waals surface area contributed by atoms with Gasteiger partial charge in [-0.25, -0.2) is 18.6 Å². The molecule has 0 saturated carbocycles. The Balaban J connectivity index is 1.48. The maximum atomic E-state index is 13.9. The average Bonchev–Trinajstić information content (AvgIpc) is 3.48. The number of rotatable bonds is 6. The van der Waals surface area contributed by atoms with Crippen molar-refractivity contribution < 1.29 is 9.13 Å². The molecular formula is C22H16FN9O. The van der Waals surface area contributed by atoms with Crippen molar-refractivity contribution >= 4 is 5.65 Å². The zero-order valence-corrected chi connectivity index (χ0v) is 17.4. The minimum Gasteiger partial charge on any atom is -0.487 e. The van der Waals surface area contributed by atoms with Crippen molar-refractivity contribution in [3.05, 3.63) is 72.7 Å². The molecule has 0 saturated heterocycles. The third-order valence-corrected chi connectivity index (χ3v) is 4.92. The van der Waals surface area contributed by atoms with Crippen molar-refractivity contribution in [1.82, 2.24) is 39.8 Å². The third kappa shape index (κ3) is 4.09. The molecular weight excluding hydrogens is 425 g/mol. The quantitative estimate of drug-likeness (QED) is 0.394. The number of benzene rings is 1. The number of pyridine rings is 1. The molecule has 1 aromatic carbocycles. The highest BCUT2D eigenvalue weighted by atomic mass is 19.1. The van der Waals surface area contributed by atoms with Crippen molar-refractivity contribution in [2.45, 2.75) is 19.6 Å². The molecule has 162 valence electrons. The van der Waals surface area contributed by atoms with Crippen LogP contribution in [-0.2, 0) is 6.54 Å². The molecule has 0 N–H and O–H groups in total. The van der Waals surface area contributed by atoms with E-state index in [-0.39, 0.29) is 6.10 Å². The minimum atomic E-state index is -0.444. The Hall–Kier alpha value is -4.72. The molecule has 33 heavy (non-hydrogen) atoms. The fraction of sp³-hybridized carbons (Fsp3) is 0.136. The predicted octanol–water partition coefficient (Wildman–Crippen LogP) is 2.92. The van der Waals surface area contributed by atoms with Gasteiger partial charge in [0, 0.05) is 17.3 Å². The lowest BCUT2D eigenvalue weighted by atomic mass is 10.1. The third-order valence-electron chi connectivity index (χ3n) is 4.92. The number of hydrogen-bond acceptors (Lipinski definition) is 8. The largest absolute Gasteiger partial charge is 0.487 e. The lowest BCUT2D eigenvalue weighted by Crippen LogP contribution is -2.20. The SMILES string of the molecule is C[C@@H](Cn1cnnn1)Oc1cncc(-c2ccc3ncc(-c4cc(F)ccc4C#N)n3n2)c1. The van der Waals surface area contributed by atoms with Crippen LogP contribution in [0.4, 0.5) is 4.39 Å². The van der Waals surface area contributed by atoms with Gasteiger partial charge in [0.1, 0.15) is 24.0 Å². The summed E-state index contributed by atoms with van der Waals surface area (Å²) in [4.78, 5) is 8.61. The van der Waals surface area contributed by atoms with Crippen LogP contribution < -0.4 is 4.74 Å². The molecule has 0 aliphatic heterocycles. The maximum Gasteiger partial charge on any atom is 0.154 e. The first-order chi connectivity index (χ1) is 16.1. The zero-order chi connectivity index (χ0) is 22.8. The maximum absolute atomic E-state index is 13.9. The first-order valence-electron chi connectivity index (χ1n) is 9.98. The van der Waals surface area contributed by atoms with Crippen LogP contribution in [0.2, 0.25) is 0 Å².